The number of likely N-dealkylation sites (N-methyl/N-ethyl adjacent to an activating group) is 1. The highest BCUT2D eigenvalue weighted by molar-refractivity contribution is 7.89. The van der Waals surface area contributed by atoms with Crippen LogP contribution in [0.25, 0.3) is 0 Å². The Labute approximate surface area is 108 Å². The first kappa shape index (κ1) is 13.5. The van der Waals surface area contributed by atoms with Crippen LogP contribution in [0.4, 0.5) is 0 Å². The largest absolute Gasteiger partial charge is 0.389 e. The highest BCUT2D eigenvalue weighted by Crippen LogP contribution is 2.31. The summed E-state index contributed by atoms with van der Waals surface area (Å²) in [5.74, 6) is 0. The predicted molar refractivity (Wildman–Crippen MR) is 69.7 cm³/mol. The fourth-order valence-corrected chi connectivity index (χ4v) is 3.73. The molecule has 1 aliphatic rings. The maximum absolute atomic E-state index is 12.3. The molecule has 0 atom stereocenters. The second-order valence-electron chi connectivity index (χ2n) is 5.01. The predicted octanol–water partition coefficient (Wildman–Crippen LogP) is 1.61. The van der Waals surface area contributed by atoms with Gasteiger partial charge in [0.05, 0.1) is 10.5 Å². The lowest BCUT2D eigenvalue weighted by atomic mass is 10.0. The van der Waals surface area contributed by atoms with E-state index in [0.29, 0.717) is 12.8 Å². The summed E-state index contributed by atoms with van der Waals surface area (Å²) >= 11 is 0. The number of rotatable bonds is 4. The third-order valence-corrected chi connectivity index (χ3v) is 5.32. The standard InChI is InChI=1S/C13H19NO3S/c1-14(11-13(15)9-5-6-10-13)18(16,17)12-7-3-2-4-8-12/h2-4,7-8,15H,5-6,9-11H2,1H3. The molecule has 1 aromatic rings. The second kappa shape index (κ2) is 4.99. The Hall–Kier alpha value is -0.910. The van der Waals surface area contributed by atoms with Gasteiger partial charge in [-0.05, 0) is 25.0 Å². The summed E-state index contributed by atoms with van der Waals surface area (Å²) in [6.45, 7) is 0.171. The van der Waals surface area contributed by atoms with Crippen molar-refractivity contribution in [3.05, 3.63) is 30.3 Å². The Bertz CT molecular complexity index is 492. The van der Waals surface area contributed by atoms with Crippen LogP contribution >= 0.6 is 0 Å². The van der Waals surface area contributed by atoms with Gasteiger partial charge in [0, 0.05) is 13.6 Å². The topological polar surface area (TPSA) is 57.6 Å². The minimum Gasteiger partial charge on any atom is -0.389 e. The summed E-state index contributed by atoms with van der Waals surface area (Å²) in [6, 6.07) is 8.33. The summed E-state index contributed by atoms with van der Waals surface area (Å²) in [6.07, 6.45) is 3.30. The minimum absolute atomic E-state index is 0.171. The monoisotopic (exact) mass is 269 g/mol. The van der Waals surface area contributed by atoms with Crippen LogP contribution < -0.4 is 0 Å². The Morgan fingerprint density at radius 1 is 1.22 bits per heavy atom. The summed E-state index contributed by atoms with van der Waals surface area (Å²) < 4.78 is 25.8. The zero-order valence-electron chi connectivity index (χ0n) is 10.5. The number of hydrogen-bond acceptors (Lipinski definition) is 3. The second-order valence-corrected chi connectivity index (χ2v) is 7.05. The molecule has 1 N–H and O–H groups in total. The molecule has 100 valence electrons. The molecule has 0 aliphatic heterocycles. The van der Waals surface area contributed by atoms with Gasteiger partial charge in [-0.25, -0.2) is 8.42 Å². The number of hydrogen-bond donors (Lipinski definition) is 1. The van der Waals surface area contributed by atoms with Crippen LogP contribution in [-0.4, -0.2) is 37.0 Å². The van der Waals surface area contributed by atoms with Crippen molar-refractivity contribution in [3.63, 3.8) is 0 Å². The Balaban J connectivity index is 2.16. The molecule has 0 heterocycles. The van der Waals surface area contributed by atoms with Crippen molar-refractivity contribution in [1.29, 1.82) is 0 Å². The average Bonchev–Trinajstić information content (AvgIpc) is 2.77. The molecule has 0 saturated heterocycles. The van der Waals surface area contributed by atoms with Crippen LogP contribution in [0.2, 0.25) is 0 Å². The summed E-state index contributed by atoms with van der Waals surface area (Å²) in [5, 5.41) is 10.3. The first-order valence-electron chi connectivity index (χ1n) is 6.18. The van der Waals surface area contributed by atoms with Crippen LogP contribution in [0.15, 0.2) is 35.2 Å². The van der Waals surface area contributed by atoms with Crippen molar-refractivity contribution in [2.75, 3.05) is 13.6 Å². The van der Waals surface area contributed by atoms with E-state index in [0.717, 1.165) is 12.8 Å². The van der Waals surface area contributed by atoms with Gasteiger partial charge in [0.1, 0.15) is 0 Å². The molecule has 0 unspecified atom stereocenters. The molecular formula is C13H19NO3S. The molecule has 0 radical (unpaired) electrons. The number of benzene rings is 1. The van der Waals surface area contributed by atoms with E-state index in [4.69, 9.17) is 0 Å². The van der Waals surface area contributed by atoms with Crippen LogP contribution in [0.3, 0.4) is 0 Å². The fourth-order valence-electron chi connectivity index (χ4n) is 2.46. The van der Waals surface area contributed by atoms with Crippen molar-refractivity contribution in [2.24, 2.45) is 0 Å². The van der Waals surface area contributed by atoms with Gasteiger partial charge in [-0.1, -0.05) is 31.0 Å². The lowest BCUT2D eigenvalue weighted by molar-refractivity contribution is 0.0333. The molecule has 1 aromatic carbocycles. The highest BCUT2D eigenvalue weighted by Gasteiger charge is 2.35. The van der Waals surface area contributed by atoms with Crippen LogP contribution in [0.5, 0.6) is 0 Å². The fraction of sp³-hybridized carbons (Fsp3) is 0.538. The van der Waals surface area contributed by atoms with Gasteiger partial charge < -0.3 is 5.11 Å². The van der Waals surface area contributed by atoms with Gasteiger partial charge in [-0.3, -0.25) is 0 Å². The Morgan fingerprint density at radius 2 is 1.78 bits per heavy atom. The van der Waals surface area contributed by atoms with E-state index in [1.165, 1.54) is 11.4 Å². The van der Waals surface area contributed by atoms with Crippen molar-refractivity contribution < 1.29 is 13.5 Å². The molecule has 1 aliphatic carbocycles. The molecule has 5 heteroatoms. The minimum atomic E-state index is -3.49. The van der Waals surface area contributed by atoms with Gasteiger partial charge in [-0.15, -0.1) is 0 Å². The molecule has 0 amide bonds. The average molecular weight is 269 g/mol. The molecule has 2 rings (SSSR count). The highest BCUT2D eigenvalue weighted by atomic mass is 32.2. The summed E-state index contributed by atoms with van der Waals surface area (Å²) in [5.41, 5.74) is -0.851. The van der Waals surface area contributed by atoms with Crippen molar-refractivity contribution in [2.45, 2.75) is 36.2 Å². The zero-order chi connectivity index (χ0) is 13.2. The molecule has 1 fully saturated rings. The normalized spacial score (nSPS) is 19.3. The number of aliphatic hydroxyl groups is 1. The van der Waals surface area contributed by atoms with E-state index < -0.39 is 15.6 Å². The smallest absolute Gasteiger partial charge is 0.242 e. The van der Waals surface area contributed by atoms with Gasteiger partial charge in [0.15, 0.2) is 0 Å². The van der Waals surface area contributed by atoms with E-state index in [9.17, 15) is 13.5 Å². The van der Waals surface area contributed by atoms with Crippen molar-refractivity contribution in [1.82, 2.24) is 4.31 Å². The van der Waals surface area contributed by atoms with Crippen LogP contribution in [0, 0.1) is 0 Å². The van der Waals surface area contributed by atoms with E-state index in [1.807, 2.05) is 0 Å². The quantitative estimate of drug-likeness (QED) is 0.903. The lowest BCUT2D eigenvalue weighted by Gasteiger charge is -2.28. The lowest BCUT2D eigenvalue weighted by Crippen LogP contribution is -2.41. The maximum Gasteiger partial charge on any atom is 0.242 e. The third kappa shape index (κ3) is 2.74. The molecular weight excluding hydrogens is 250 g/mol. The van der Waals surface area contributed by atoms with Gasteiger partial charge in [0.25, 0.3) is 0 Å². The van der Waals surface area contributed by atoms with Crippen molar-refractivity contribution >= 4 is 10.0 Å². The molecule has 18 heavy (non-hydrogen) atoms. The van der Waals surface area contributed by atoms with E-state index in [1.54, 1.807) is 30.3 Å². The van der Waals surface area contributed by atoms with Gasteiger partial charge >= 0.3 is 0 Å². The first-order valence-corrected chi connectivity index (χ1v) is 7.62. The summed E-state index contributed by atoms with van der Waals surface area (Å²) in [4.78, 5) is 0.272. The van der Waals surface area contributed by atoms with Crippen molar-refractivity contribution in [3.8, 4) is 0 Å². The van der Waals surface area contributed by atoms with E-state index in [2.05, 4.69) is 0 Å². The Morgan fingerprint density at radius 3 is 2.33 bits per heavy atom. The first-order chi connectivity index (χ1) is 8.44. The maximum atomic E-state index is 12.3. The third-order valence-electron chi connectivity index (χ3n) is 3.50. The van der Waals surface area contributed by atoms with Gasteiger partial charge in [-0.2, -0.15) is 4.31 Å². The van der Waals surface area contributed by atoms with Gasteiger partial charge in [0.2, 0.25) is 10.0 Å². The number of sulfonamides is 1. The van der Waals surface area contributed by atoms with E-state index >= 15 is 0 Å². The molecule has 4 nitrogen and oxygen atoms in total. The molecule has 0 aromatic heterocycles. The molecule has 0 spiro atoms. The Kier molecular flexibility index (Phi) is 3.75. The zero-order valence-corrected chi connectivity index (χ0v) is 11.4. The molecule has 1 saturated carbocycles. The SMILES string of the molecule is CN(CC1(O)CCCC1)S(=O)(=O)c1ccccc1. The van der Waals surface area contributed by atoms with Crippen LogP contribution in [0.1, 0.15) is 25.7 Å². The van der Waals surface area contributed by atoms with E-state index in [-0.39, 0.29) is 11.4 Å². The van der Waals surface area contributed by atoms with Crippen LogP contribution in [-0.2, 0) is 10.0 Å². The number of nitrogens with zero attached hydrogens (tertiary/aromatic N) is 1. The summed E-state index contributed by atoms with van der Waals surface area (Å²) in [7, 11) is -1.96. The molecule has 0 bridgehead atoms.